The fourth-order valence-electron chi connectivity index (χ4n) is 4.54. The highest BCUT2D eigenvalue weighted by atomic mass is 35.5. The Morgan fingerprint density at radius 1 is 1.16 bits per heavy atom. The quantitative estimate of drug-likeness (QED) is 0.144. The van der Waals surface area contributed by atoms with Crippen LogP contribution in [0.15, 0.2) is 36.4 Å². The third kappa shape index (κ3) is 8.53. The molecule has 32 heavy (non-hydrogen) atoms. The largest absolute Gasteiger partial charge is 0.466 e. The summed E-state index contributed by atoms with van der Waals surface area (Å²) in [6, 6.07) is 8.06. The van der Waals surface area contributed by atoms with Gasteiger partial charge in [0.15, 0.2) is 0 Å². The van der Waals surface area contributed by atoms with Crippen molar-refractivity contribution < 1.29 is 19.7 Å². The standard InChI is InChI=1S/C27H41ClO4/c1-3-5-8-12-24(29)20-14-16-21(17-15-20)27-22(23(28)19-25(27)30)11-9-6-7-10-13-26(31)32-18-4-2/h6,9,14-17,22-25,27,29-30H,3-5,7-8,10-13,18-19H2,1-2H3/t22-,23-,24+,25+,27+/m0/s1. The van der Waals surface area contributed by atoms with E-state index in [-0.39, 0.29) is 23.2 Å². The van der Waals surface area contributed by atoms with E-state index in [1.54, 1.807) is 0 Å². The summed E-state index contributed by atoms with van der Waals surface area (Å²) in [4.78, 5) is 11.5. The lowest BCUT2D eigenvalue weighted by Gasteiger charge is -2.23. The third-order valence-electron chi connectivity index (χ3n) is 6.39. The number of rotatable bonds is 14. The molecule has 0 heterocycles. The van der Waals surface area contributed by atoms with Gasteiger partial charge in [0.05, 0.1) is 18.8 Å². The van der Waals surface area contributed by atoms with Crippen LogP contribution >= 0.6 is 11.6 Å². The maximum absolute atomic E-state index is 11.5. The van der Waals surface area contributed by atoms with Gasteiger partial charge in [-0.3, -0.25) is 4.79 Å². The molecule has 0 radical (unpaired) electrons. The van der Waals surface area contributed by atoms with E-state index in [1.807, 2.05) is 31.2 Å². The van der Waals surface area contributed by atoms with Crippen LogP contribution in [0.2, 0.25) is 0 Å². The van der Waals surface area contributed by atoms with Crippen molar-refractivity contribution in [1.82, 2.24) is 0 Å². The van der Waals surface area contributed by atoms with Crippen molar-refractivity contribution in [2.75, 3.05) is 6.61 Å². The second-order valence-corrected chi connectivity index (χ2v) is 9.57. The van der Waals surface area contributed by atoms with Crippen LogP contribution in [0.5, 0.6) is 0 Å². The lowest BCUT2D eigenvalue weighted by Crippen LogP contribution is -2.18. The van der Waals surface area contributed by atoms with Crippen molar-refractivity contribution in [2.24, 2.45) is 5.92 Å². The van der Waals surface area contributed by atoms with E-state index in [2.05, 4.69) is 19.1 Å². The number of alkyl halides is 1. The SMILES string of the molecule is CCCCC[C@@H](O)c1ccc([C@@H]2[C@@H](CC=CCCCC(=O)OCCC)[C@@H](Cl)C[C@H]2O)cc1. The number of unbranched alkanes of at least 4 members (excludes halogenated alkanes) is 3. The van der Waals surface area contributed by atoms with Gasteiger partial charge in [0.1, 0.15) is 0 Å². The zero-order valence-electron chi connectivity index (χ0n) is 19.7. The minimum absolute atomic E-state index is 0.00236. The molecule has 1 aromatic carbocycles. The van der Waals surface area contributed by atoms with Crippen molar-refractivity contribution >= 4 is 17.6 Å². The van der Waals surface area contributed by atoms with Gasteiger partial charge in [-0.2, -0.15) is 0 Å². The average Bonchev–Trinajstić information content (AvgIpc) is 3.07. The minimum atomic E-state index is -0.454. The normalized spacial score (nSPS) is 24.2. The number of carbonyl (C=O) groups is 1. The molecule has 1 saturated carbocycles. The molecule has 5 heteroatoms. The zero-order valence-corrected chi connectivity index (χ0v) is 20.5. The maximum atomic E-state index is 11.5. The number of carbonyl (C=O) groups excluding carboxylic acids is 1. The van der Waals surface area contributed by atoms with Crippen molar-refractivity contribution in [2.45, 2.75) is 102 Å². The molecule has 0 amide bonds. The Labute approximate surface area is 199 Å². The minimum Gasteiger partial charge on any atom is -0.466 e. The number of esters is 1. The van der Waals surface area contributed by atoms with Gasteiger partial charge in [0.25, 0.3) is 0 Å². The molecule has 0 aliphatic heterocycles. The molecule has 180 valence electrons. The number of ether oxygens (including phenoxy) is 1. The highest BCUT2D eigenvalue weighted by Gasteiger charge is 2.41. The van der Waals surface area contributed by atoms with Crippen LogP contribution in [0.3, 0.4) is 0 Å². The Balaban J connectivity index is 1.88. The molecule has 4 nitrogen and oxygen atoms in total. The summed E-state index contributed by atoms with van der Waals surface area (Å²) in [7, 11) is 0. The van der Waals surface area contributed by atoms with Gasteiger partial charge >= 0.3 is 5.97 Å². The molecule has 2 rings (SSSR count). The topological polar surface area (TPSA) is 66.8 Å². The molecule has 0 spiro atoms. The molecule has 1 fully saturated rings. The molecular weight excluding hydrogens is 424 g/mol. The number of benzene rings is 1. The van der Waals surface area contributed by atoms with E-state index in [0.29, 0.717) is 19.4 Å². The summed E-state index contributed by atoms with van der Waals surface area (Å²) in [6.07, 6.45) is 11.8. The van der Waals surface area contributed by atoms with Gasteiger partial charge in [-0.15, -0.1) is 11.6 Å². The van der Waals surface area contributed by atoms with E-state index in [4.69, 9.17) is 16.3 Å². The number of aliphatic hydroxyl groups excluding tert-OH is 2. The fourth-order valence-corrected chi connectivity index (χ4v) is 4.99. The molecule has 2 N–H and O–H groups in total. The molecule has 1 aliphatic rings. The van der Waals surface area contributed by atoms with Crippen LogP contribution in [0, 0.1) is 5.92 Å². The Hall–Kier alpha value is -1.36. The van der Waals surface area contributed by atoms with Crippen LogP contribution in [0.4, 0.5) is 0 Å². The number of hydrogen-bond donors (Lipinski definition) is 2. The van der Waals surface area contributed by atoms with Crippen LogP contribution in [0.1, 0.15) is 101 Å². The van der Waals surface area contributed by atoms with Crippen molar-refractivity contribution in [3.05, 3.63) is 47.5 Å². The number of halogens is 1. The lowest BCUT2D eigenvalue weighted by atomic mass is 9.84. The Kier molecular flexibility index (Phi) is 12.4. The number of allylic oxidation sites excluding steroid dienone is 2. The van der Waals surface area contributed by atoms with Gasteiger partial charge in [-0.1, -0.05) is 69.5 Å². The van der Waals surface area contributed by atoms with E-state index in [1.165, 1.54) is 0 Å². The van der Waals surface area contributed by atoms with Crippen molar-refractivity contribution in [3.63, 3.8) is 0 Å². The van der Waals surface area contributed by atoms with Crippen LogP contribution in [-0.4, -0.2) is 34.3 Å². The first kappa shape index (κ1) is 26.9. The van der Waals surface area contributed by atoms with E-state index < -0.39 is 12.2 Å². The molecule has 1 aromatic rings. The molecule has 5 atom stereocenters. The van der Waals surface area contributed by atoms with Crippen molar-refractivity contribution in [1.29, 1.82) is 0 Å². The first-order chi connectivity index (χ1) is 15.5. The molecule has 0 bridgehead atoms. The first-order valence-corrected chi connectivity index (χ1v) is 12.8. The first-order valence-electron chi connectivity index (χ1n) is 12.4. The van der Waals surface area contributed by atoms with E-state index in [9.17, 15) is 15.0 Å². The predicted octanol–water partition coefficient (Wildman–Crippen LogP) is 6.44. The maximum Gasteiger partial charge on any atom is 0.305 e. The average molecular weight is 465 g/mol. The number of aliphatic hydroxyl groups is 2. The molecule has 0 unspecified atom stereocenters. The van der Waals surface area contributed by atoms with Gasteiger partial charge in [0, 0.05) is 17.7 Å². The predicted molar refractivity (Wildman–Crippen MR) is 131 cm³/mol. The van der Waals surface area contributed by atoms with Gasteiger partial charge in [0.2, 0.25) is 0 Å². The number of hydrogen-bond acceptors (Lipinski definition) is 4. The van der Waals surface area contributed by atoms with Gasteiger partial charge in [-0.25, -0.2) is 0 Å². The fraction of sp³-hybridized carbons (Fsp3) is 0.667. The highest BCUT2D eigenvalue weighted by Crippen LogP contribution is 2.45. The monoisotopic (exact) mass is 464 g/mol. The van der Waals surface area contributed by atoms with E-state index in [0.717, 1.165) is 62.5 Å². The van der Waals surface area contributed by atoms with E-state index >= 15 is 0 Å². The van der Waals surface area contributed by atoms with Crippen LogP contribution in [-0.2, 0) is 9.53 Å². The Morgan fingerprint density at radius 2 is 1.91 bits per heavy atom. The van der Waals surface area contributed by atoms with Gasteiger partial charge < -0.3 is 14.9 Å². The summed E-state index contributed by atoms with van der Waals surface area (Å²) in [5, 5.41) is 21.0. The van der Waals surface area contributed by atoms with Crippen LogP contribution in [0.25, 0.3) is 0 Å². The second kappa shape index (κ2) is 14.7. The lowest BCUT2D eigenvalue weighted by molar-refractivity contribution is -0.143. The second-order valence-electron chi connectivity index (χ2n) is 9.01. The summed E-state index contributed by atoms with van der Waals surface area (Å²) >= 11 is 6.61. The zero-order chi connectivity index (χ0) is 23.3. The third-order valence-corrected chi connectivity index (χ3v) is 6.89. The molecule has 0 saturated heterocycles. The summed E-state index contributed by atoms with van der Waals surface area (Å²) in [5.41, 5.74) is 2.02. The Bertz CT molecular complexity index is 687. The highest BCUT2D eigenvalue weighted by molar-refractivity contribution is 6.21. The van der Waals surface area contributed by atoms with Crippen molar-refractivity contribution in [3.8, 4) is 0 Å². The molecular formula is C27H41ClO4. The molecule has 0 aromatic heterocycles. The summed E-state index contributed by atoms with van der Waals surface area (Å²) < 4.78 is 5.09. The summed E-state index contributed by atoms with van der Waals surface area (Å²) in [5.74, 6) is 0.0363. The van der Waals surface area contributed by atoms with Crippen LogP contribution < -0.4 is 0 Å². The smallest absolute Gasteiger partial charge is 0.305 e. The molecule has 1 aliphatic carbocycles. The van der Waals surface area contributed by atoms with Gasteiger partial charge in [-0.05, 0) is 55.6 Å². The summed E-state index contributed by atoms with van der Waals surface area (Å²) in [6.45, 7) is 4.64. The Morgan fingerprint density at radius 3 is 2.59 bits per heavy atom.